The Hall–Kier alpha value is -2.38. The Bertz CT molecular complexity index is 998. The Morgan fingerprint density at radius 2 is 1.85 bits per heavy atom. The van der Waals surface area contributed by atoms with Crippen LogP contribution in [0, 0.1) is 0 Å². The molecule has 8 heteroatoms. The van der Waals surface area contributed by atoms with Gasteiger partial charge in [0, 0.05) is 10.2 Å². The summed E-state index contributed by atoms with van der Waals surface area (Å²) in [5.74, 6) is -0.543. The molecule has 0 spiro atoms. The number of amides is 1. The third-order valence-corrected chi connectivity index (χ3v) is 5.07. The Kier molecular flexibility index (Phi) is 5.26. The molecule has 2 N–H and O–H groups in total. The Balaban J connectivity index is 1.97. The first kappa shape index (κ1) is 19.4. The molecule has 0 atom stereocenters. The first-order valence-electron chi connectivity index (χ1n) is 8.15. The molecular formula is C19H18BrClN4O2. The van der Waals surface area contributed by atoms with Gasteiger partial charge in [0.15, 0.2) is 5.75 Å². The van der Waals surface area contributed by atoms with Gasteiger partial charge < -0.3 is 10.4 Å². The second-order valence-electron chi connectivity index (χ2n) is 7.09. The van der Waals surface area contributed by atoms with E-state index < -0.39 is 0 Å². The van der Waals surface area contributed by atoms with Crippen molar-refractivity contribution in [2.24, 2.45) is 0 Å². The van der Waals surface area contributed by atoms with Crippen molar-refractivity contribution in [1.82, 2.24) is 14.8 Å². The van der Waals surface area contributed by atoms with Gasteiger partial charge in [-0.05, 0) is 57.2 Å². The number of carbonyl (C=O) groups excluding carboxylic acids is 1. The van der Waals surface area contributed by atoms with Gasteiger partial charge in [-0.2, -0.15) is 0 Å². The summed E-state index contributed by atoms with van der Waals surface area (Å²) in [4.78, 5) is 12.8. The van der Waals surface area contributed by atoms with E-state index in [1.165, 1.54) is 0 Å². The first-order valence-corrected chi connectivity index (χ1v) is 9.33. The highest BCUT2D eigenvalue weighted by Crippen LogP contribution is 2.37. The Morgan fingerprint density at radius 3 is 2.48 bits per heavy atom. The second kappa shape index (κ2) is 7.32. The van der Waals surface area contributed by atoms with Crippen molar-refractivity contribution in [2.75, 3.05) is 5.32 Å². The maximum Gasteiger partial charge on any atom is 0.256 e. The maximum atomic E-state index is 12.8. The summed E-state index contributed by atoms with van der Waals surface area (Å²) in [6.07, 6.45) is 3.09. The fourth-order valence-electron chi connectivity index (χ4n) is 2.50. The summed E-state index contributed by atoms with van der Waals surface area (Å²) in [7, 11) is 0. The van der Waals surface area contributed by atoms with Crippen LogP contribution < -0.4 is 5.32 Å². The average molecular weight is 450 g/mol. The van der Waals surface area contributed by atoms with Gasteiger partial charge in [0.2, 0.25) is 0 Å². The zero-order chi connectivity index (χ0) is 19.8. The molecule has 2 aromatic carbocycles. The van der Waals surface area contributed by atoms with Crippen LogP contribution in [-0.2, 0) is 5.41 Å². The number of phenolic OH excluding ortho intramolecular Hbond substituents is 1. The molecule has 6 nitrogen and oxygen atoms in total. The highest BCUT2D eigenvalue weighted by molar-refractivity contribution is 9.10. The van der Waals surface area contributed by atoms with Crippen LogP contribution in [0.5, 0.6) is 5.75 Å². The van der Waals surface area contributed by atoms with E-state index in [1.807, 2.05) is 26.8 Å². The van der Waals surface area contributed by atoms with Crippen molar-refractivity contribution in [3.63, 3.8) is 0 Å². The van der Waals surface area contributed by atoms with Crippen molar-refractivity contribution in [3.8, 4) is 11.4 Å². The molecule has 27 heavy (non-hydrogen) atoms. The molecule has 0 saturated carbocycles. The SMILES string of the molecule is CC(C)(C)c1cc(Cl)c(O)c(NC(=O)c2cc(-n3cnnc3)ccc2Br)c1. The summed E-state index contributed by atoms with van der Waals surface area (Å²) < 4.78 is 2.31. The smallest absolute Gasteiger partial charge is 0.256 e. The van der Waals surface area contributed by atoms with Gasteiger partial charge in [0.25, 0.3) is 5.91 Å². The minimum atomic E-state index is -0.380. The van der Waals surface area contributed by atoms with Crippen molar-refractivity contribution in [1.29, 1.82) is 0 Å². The lowest BCUT2D eigenvalue weighted by Gasteiger charge is -2.21. The van der Waals surface area contributed by atoms with E-state index in [1.54, 1.807) is 41.5 Å². The topological polar surface area (TPSA) is 80.0 Å². The number of hydrogen-bond acceptors (Lipinski definition) is 4. The van der Waals surface area contributed by atoms with Gasteiger partial charge in [0.1, 0.15) is 12.7 Å². The molecule has 3 aromatic rings. The lowest BCUT2D eigenvalue weighted by Crippen LogP contribution is -2.16. The number of anilines is 1. The third kappa shape index (κ3) is 4.14. The highest BCUT2D eigenvalue weighted by Gasteiger charge is 2.20. The average Bonchev–Trinajstić information content (AvgIpc) is 3.12. The number of halogens is 2. The molecule has 0 aliphatic heterocycles. The van der Waals surface area contributed by atoms with Crippen LogP contribution in [0.2, 0.25) is 5.02 Å². The van der Waals surface area contributed by atoms with Crippen molar-refractivity contribution < 1.29 is 9.90 Å². The molecule has 1 aromatic heterocycles. The van der Waals surface area contributed by atoms with Gasteiger partial charge in [-0.15, -0.1) is 10.2 Å². The fraction of sp³-hybridized carbons (Fsp3) is 0.211. The van der Waals surface area contributed by atoms with Crippen LogP contribution in [0.3, 0.4) is 0 Å². The summed E-state index contributed by atoms with van der Waals surface area (Å²) in [5.41, 5.74) is 2.11. The molecule has 140 valence electrons. The number of aromatic hydroxyl groups is 1. The number of carbonyl (C=O) groups is 1. The number of rotatable bonds is 3. The highest BCUT2D eigenvalue weighted by atomic mass is 79.9. The van der Waals surface area contributed by atoms with Crippen LogP contribution >= 0.6 is 27.5 Å². The molecule has 1 amide bonds. The summed E-state index contributed by atoms with van der Waals surface area (Å²) in [6, 6.07) is 8.74. The number of nitrogens with zero attached hydrogens (tertiary/aromatic N) is 3. The summed E-state index contributed by atoms with van der Waals surface area (Å²) in [5, 5.41) is 20.8. The quantitative estimate of drug-likeness (QED) is 0.555. The van der Waals surface area contributed by atoms with Crippen LogP contribution in [0.1, 0.15) is 36.7 Å². The van der Waals surface area contributed by atoms with Crippen molar-refractivity contribution in [3.05, 3.63) is 63.6 Å². The minimum Gasteiger partial charge on any atom is -0.504 e. The molecule has 0 radical (unpaired) electrons. The summed E-state index contributed by atoms with van der Waals surface area (Å²) in [6.45, 7) is 6.08. The molecule has 1 heterocycles. The predicted molar refractivity (Wildman–Crippen MR) is 109 cm³/mol. The Morgan fingerprint density at radius 1 is 1.19 bits per heavy atom. The van der Waals surface area contributed by atoms with E-state index >= 15 is 0 Å². The third-order valence-electron chi connectivity index (χ3n) is 4.09. The molecule has 0 aliphatic carbocycles. The number of benzene rings is 2. The van der Waals surface area contributed by atoms with E-state index in [-0.39, 0.29) is 27.8 Å². The van der Waals surface area contributed by atoms with Gasteiger partial charge in [-0.1, -0.05) is 32.4 Å². The van der Waals surface area contributed by atoms with E-state index in [9.17, 15) is 9.90 Å². The number of phenols is 1. The fourth-order valence-corrected chi connectivity index (χ4v) is 3.14. The number of aromatic nitrogens is 3. The zero-order valence-corrected chi connectivity index (χ0v) is 17.3. The van der Waals surface area contributed by atoms with E-state index in [0.29, 0.717) is 10.0 Å². The van der Waals surface area contributed by atoms with E-state index in [4.69, 9.17) is 11.6 Å². The molecule has 0 unspecified atom stereocenters. The van der Waals surface area contributed by atoms with Crippen molar-refractivity contribution in [2.45, 2.75) is 26.2 Å². The first-order chi connectivity index (χ1) is 12.7. The van der Waals surface area contributed by atoms with Crippen LogP contribution in [0.25, 0.3) is 5.69 Å². The Labute approximate surface area is 170 Å². The van der Waals surface area contributed by atoms with Gasteiger partial charge >= 0.3 is 0 Å². The second-order valence-corrected chi connectivity index (χ2v) is 8.35. The number of hydrogen-bond donors (Lipinski definition) is 2. The summed E-state index contributed by atoms with van der Waals surface area (Å²) >= 11 is 9.55. The largest absolute Gasteiger partial charge is 0.504 e. The number of nitrogens with one attached hydrogen (secondary N) is 1. The maximum absolute atomic E-state index is 12.8. The van der Waals surface area contributed by atoms with Crippen LogP contribution in [0.15, 0.2) is 47.5 Å². The molecule has 0 aliphatic rings. The molecule has 0 bridgehead atoms. The molecule has 3 rings (SSSR count). The zero-order valence-electron chi connectivity index (χ0n) is 15.0. The predicted octanol–water partition coefficient (Wildman–Crippen LogP) is 4.94. The van der Waals surface area contributed by atoms with E-state index in [2.05, 4.69) is 31.4 Å². The van der Waals surface area contributed by atoms with Crippen LogP contribution in [-0.4, -0.2) is 25.8 Å². The molecular weight excluding hydrogens is 432 g/mol. The lowest BCUT2D eigenvalue weighted by molar-refractivity contribution is 0.102. The molecule has 0 saturated heterocycles. The van der Waals surface area contributed by atoms with Gasteiger partial charge in [-0.3, -0.25) is 9.36 Å². The standard InChI is InChI=1S/C19H18BrClN4O2/c1-19(2,3)11-6-15(21)17(26)16(7-11)24-18(27)13-8-12(4-5-14(13)20)25-9-22-23-10-25/h4-10,26H,1-3H3,(H,24,27). The van der Waals surface area contributed by atoms with Crippen molar-refractivity contribution >= 4 is 39.1 Å². The van der Waals surface area contributed by atoms with Gasteiger partial charge in [0.05, 0.1) is 16.3 Å². The van der Waals surface area contributed by atoms with Gasteiger partial charge in [-0.25, -0.2) is 0 Å². The normalized spacial score (nSPS) is 11.4. The lowest BCUT2D eigenvalue weighted by atomic mass is 9.86. The minimum absolute atomic E-state index is 0.163. The molecule has 0 fully saturated rings. The monoisotopic (exact) mass is 448 g/mol. The van der Waals surface area contributed by atoms with E-state index in [0.717, 1.165) is 11.3 Å². The van der Waals surface area contributed by atoms with Crippen LogP contribution in [0.4, 0.5) is 5.69 Å².